The van der Waals surface area contributed by atoms with Gasteiger partial charge in [-0.25, -0.2) is 0 Å². The summed E-state index contributed by atoms with van der Waals surface area (Å²) < 4.78 is 6.76. The van der Waals surface area contributed by atoms with E-state index in [0.29, 0.717) is 0 Å². The normalized spacial score (nSPS) is 10.8. The predicted molar refractivity (Wildman–Crippen MR) is 76.3 cm³/mol. The molecule has 1 nitrogen and oxygen atoms in total. The van der Waals surface area contributed by atoms with Crippen molar-refractivity contribution < 1.29 is 4.74 Å². The van der Waals surface area contributed by atoms with Crippen molar-refractivity contribution in [3.05, 3.63) is 28.2 Å². The lowest BCUT2D eigenvalue weighted by molar-refractivity contribution is 0.296. The van der Waals surface area contributed by atoms with Gasteiger partial charge in [-0.2, -0.15) is 0 Å². The van der Waals surface area contributed by atoms with Gasteiger partial charge < -0.3 is 4.74 Å². The van der Waals surface area contributed by atoms with Crippen LogP contribution in [0.4, 0.5) is 0 Å². The van der Waals surface area contributed by atoms with Crippen molar-refractivity contribution in [2.75, 3.05) is 6.61 Å². The summed E-state index contributed by atoms with van der Waals surface area (Å²) >= 11 is 6.96. The van der Waals surface area contributed by atoms with Gasteiger partial charge in [0.2, 0.25) is 0 Å². The molecule has 0 amide bonds. The van der Waals surface area contributed by atoms with Crippen LogP contribution in [0.5, 0.6) is 5.75 Å². The second-order valence-electron chi connectivity index (χ2n) is 4.28. The van der Waals surface area contributed by atoms with Gasteiger partial charge in [0.05, 0.1) is 11.1 Å². The molecule has 3 heteroatoms. The van der Waals surface area contributed by atoms with E-state index in [9.17, 15) is 0 Å². The Kier molecular flexibility index (Phi) is 6.44. The lowest BCUT2D eigenvalue weighted by atomic mass is 10.1. The van der Waals surface area contributed by atoms with Crippen molar-refractivity contribution >= 4 is 31.9 Å². The highest BCUT2D eigenvalue weighted by molar-refractivity contribution is 9.10. The Bertz CT molecular complexity index is 324. The first kappa shape index (κ1) is 14.0. The molecule has 0 aromatic heterocycles. The lowest BCUT2D eigenvalue weighted by Gasteiger charge is -2.10. The van der Waals surface area contributed by atoms with Crippen LogP contribution in [-0.2, 0) is 5.33 Å². The first-order chi connectivity index (χ1) is 7.63. The van der Waals surface area contributed by atoms with Crippen LogP contribution in [0.15, 0.2) is 22.7 Å². The number of halogens is 2. The van der Waals surface area contributed by atoms with Crippen molar-refractivity contribution in [3.8, 4) is 5.75 Å². The highest BCUT2D eigenvalue weighted by Crippen LogP contribution is 2.27. The number of rotatable bonds is 6. The molecule has 0 unspecified atom stereocenters. The molecule has 1 aromatic carbocycles. The van der Waals surface area contributed by atoms with Crippen LogP contribution >= 0.6 is 31.9 Å². The molecule has 0 saturated carbocycles. The van der Waals surface area contributed by atoms with Gasteiger partial charge in [0, 0.05) is 5.33 Å². The maximum absolute atomic E-state index is 5.72. The summed E-state index contributed by atoms with van der Waals surface area (Å²) in [6, 6.07) is 6.19. The molecule has 16 heavy (non-hydrogen) atoms. The van der Waals surface area contributed by atoms with E-state index in [2.05, 4.69) is 57.8 Å². The molecule has 0 N–H and O–H groups in total. The summed E-state index contributed by atoms with van der Waals surface area (Å²) in [6.45, 7) is 5.27. The van der Waals surface area contributed by atoms with Crippen molar-refractivity contribution in [1.29, 1.82) is 0 Å². The molecule has 0 radical (unpaired) electrons. The van der Waals surface area contributed by atoms with Crippen molar-refractivity contribution in [3.63, 3.8) is 0 Å². The molecule has 90 valence electrons. The third-order valence-electron chi connectivity index (χ3n) is 2.33. The third-order valence-corrected chi connectivity index (χ3v) is 3.60. The monoisotopic (exact) mass is 348 g/mol. The summed E-state index contributed by atoms with van der Waals surface area (Å²) in [7, 11) is 0. The minimum atomic E-state index is 0.753. The highest BCUT2D eigenvalue weighted by atomic mass is 79.9. The van der Waals surface area contributed by atoms with Gasteiger partial charge in [-0.05, 0) is 52.4 Å². The zero-order valence-electron chi connectivity index (χ0n) is 9.80. The Morgan fingerprint density at radius 1 is 1.31 bits per heavy atom. The van der Waals surface area contributed by atoms with Gasteiger partial charge in [-0.1, -0.05) is 35.8 Å². The minimum Gasteiger partial charge on any atom is -0.492 e. The smallest absolute Gasteiger partial charge is 0.133 e. The maximum atomic E-state index is 5.72. The molecule has 0 aliphatic heterocycles. The van der Waals surface area contributed by atoms with E-state index < -0.39 is 0 Å². The van der Waals surface area contributed by atoms with Gasteiger partial charge in [0.25, 0.3) is 0 Å². The van der Waals surface area contributed by atoms with Crippen LogP contribution in [0.3, 0.4) is 0 Å². The Morgan fingerprint density at radius 2 is 2.06 bits per heavy atom. The summed E-state index contributed by atoms with van der Waals surface area (Å²) in [5.41, 5.74) is 1.25. The summed E-state index contributed by atoms with van der Waals surface area (Å²) in [4.78, 5) is 0. The van der Waals surface area contributed by atoms with E-state index in [1.807, 2.05) is 6.07 Å². The van der Waals surface area contributed by atoms with Crippen LogP contribution in [0, 0.1) is 5.92 Å². The fourth-order valence-electron chi connectivity index (χ4n) is 1.42. The predicted octanol–water partition coefficient (Wildman–Crippen LogP) is 5.16. The summed E-state index contributed by atoms with van der Waals surface area (Å²) in [5.74, 6) is 1.69. The SMILES string of the molecule is CC(C)CCCOc1ccc(CBr)cc1Br. The van der Waals surface area contributed by atoms with E-state index in [-0.39, 0.29) is 0 Å². The van der Waals surface area contributed by atoms with E-state index in [4.69, 9.17) is 4.74 Å². The van der Waals surface area contributed by atoms with Gasteiger partial charge >= 0.3 is 0 Å². The Balaban J connectivity index is 2.42. The molecular weight excluding hydrogens is 332 g/mol. The quantitative estimate of drug-likeness (QED) is 0.509. The zero-order chi connectivity index (χ0) is 12.0. The topological polar surface area (TPSA) is 9.23 Å². The van der Waals surface area contributed by atoms with Crippen LogP contribution in [0.25, 0.3) is 0 Å². The first-order valence-electron chi connectivity index (χ1n) is 5.60. The second kappa shape index (κ2) is 7.33. The number of hydrogen-bond acceptors (Lipinski definition) is 1. The Hall–Kier alpha value is -0.0200. The van der Waals surface area contributed by atoms with Crippen LogP contribution in [0.1, 0.15) is 32.3 Å². The molecule has 0 aliphatic carbocycles. The maximum Gasteiger partial charge on any atom is 0.133 e. The number of benzene rings is 1. The average molecular weight is 350 g/mol. The molecule has 1 rings (SSSR count). The largest absolute Gasteiger partial charge is 0.492 e. The van der Waals surface area contributed by atoms with E-state index in [0.717, 1.165) is 34.5 Å². The molecule has 0 fully saturated rings. The molecule has 0 saturated heterocycles. The number of hydrogen-bond donors (Lipinski definition) is 0. The van der Waals surface area contributed by atoms with Crippen LogP contribution < -0.4 is 4.74 Å². The lowest BCUT2D eigenvalue weighted by Crippen LogP contribution is -2.00. The van der Waals surface area contributed by atoms with Crippen LogP contribution in [0.2, 0.25) is 0 Å². The number of ether oxygens (including phenoxy) is 1. The molecule has 0 atom stereocenters. The number of alkyl halides is 1. The Labute approximate surface area is 115 Å². The van der Waals surface area contributed by atoms with Gasteiger partial charge in [0.15, 0.2) is 0 Å². The van der Waals surface area contributed by atoms with Crippen molar-refractivity contribution in [2.24, 2.45) is 5.92 Å². The average Bonchev–Trinajstić information content (AvgIpc) is 2.25. The molecule has 0 bridgehead atoms. The zero-order valence-corrected chi connectivity index (χ0v) is 13.0. The van der Waals surface area contributed by atoms with Crippen LogP contribution in [-0.4, -0.2) is 6.61 Å². The fraction of sp³-hybridized carbons (Fsp3) is 0.538. The van der Waals surface area contributed by atoms with E-state index in [1.165, 1.54) is 12.0 Å². The van der Waals surface area contributed by atoms with Crippen molar-refractivity contribution in [2.45, 2.75) is 32.0 Å². The molecule has 0 heterocycles. The summed E-state index contributed by atoms with van der Waals surface area (Å²) in [5, 5.41) is 0.874. The van der Waals surface area contributed by atoms with Gasteiger partial charge in [-0.15, -0.1) is 0 Å². The van der Waals surface area contributed by atoms with Gasteiger partial charge in [0.1, 0.15) is 5.75 Å². The van der Waals surface area contributed by atoms with E-state index in [1.54, 1.807) is 0 Å². The molecular formula is C13H18Br2O. The fourth-order valence-corrected chi connectivity index (χ4v) is 2.31. The summed E-state index contributed by atoms with van der Waals surface area (Å²) in [6.07, 6.45) is 2.33. The standard InChI is InChI=1S/C13H18Br2O/c1-10(2)4-3-7-16-13-6-5-11(9-14)8-12(13)15/h5-6,8,10H,3-4,7,9H2,1-2H3. The minimum absolute atomic E-state index is 0.753. The van der Waals surface area contributed by atoms with E-state index >= 15 is 0 Å². The first-order valence-corrected chi connectivity index (χ1v) is 7.52. The molecule has 0 spiro atoms. The van der Waals surface area contributed by atoms with Crippen molar-refractivity contribution in [1.82, 2.24) is 0 Å². The highest BCUT2D eigenvalue weighted by Gasteiger charge is 2.02. The Morgan fingerprint density at radius 3 is 2.62 bits per heavy atom. The third kappa shape index (κ3) is 4.88. The molecule has 1 aromatic rings. The molecule has 0 aliphatic rings. The second-order valence-corrected chi connectivity index (χ2v) is 5.70. The van der Waals surface area contributed by atoms with Gasteiger partial charge in [-0.3, -0.25) is 0 Å².